The SMILES string of the molecule is CC1CCN(CCNS(=O)(=O)c2cnc(Cl)s2)CC1. The van der Waals surface area contributed by atoms with Crippen molar-refractivity contribution < 1.29 is 8.42 Å². The number of piperidine rings is 1. The van der Waals surface area contributed by atoms with Gasteiger partial charge in [-0.25, -0.2) is 18.1 Å². The van der Waals surface area contributed by atoms with Crippen LogP contribution in [-0.4, -0.2) is 44.5 Å². The molecule has 0 atom stereocenters. The third-order valence-electron chi connectivity index (χ3n) is 3.32. The third kappa shape index (κ3) is 4.39. The predicted octanol–water partition coefficient (Wildman–Crippen LogP) is 1.81. The fourth-order valence-electron chi connectivity index (χ4n) is 2.06. The smallest absolute Gasteiger partial charge is 0.251 e. The lowest BCUT2D eigenvalue weighted by atomic mass is 9.99. The summed E-state index contributed by atoms with van der Waals surface area (Å²) in [6.45, 7) is 5.53. The van der Waals surface area contributed by atoms with Crippen LogP contribution in [0, 0.1) is 5.92 Å². The molecule has 108 valence electrons. The second kappa shape index (κ2) is 6.49. The molecule has 0 radical (unpaired) electrons. The van der Waals surface area contributed by atoms with Crippen LogP contribution in [0.4, 0.5) is 0 Å². The predicted molar refractivity (Wildman–Crippen MR) is 77.2 cm³/mol. The van der Waals surface area contributed by atoms with E-state index in [1.165, 1.54) is 19.0 Å². The molecule has 1 aliphatic rings. The number of hydrogen-bond donors (Lipinski definition) is 1. The number of likely N-dealkylation sites (tertiary alicyclic amines) is 1. The fraction of sp³-hybridized carbons (Fsp3) is 0.727. The summed E-state index contributed by atoms with van der Waals surface area (Å²) in [4.78, 5) is 6.04. The van der Waals surface area contributed by atoms with E-state index in [-0.39, 0.29) is 8.68 Å². The van der Waals surface area contributed by atoms with Gasteiger partial charge < -0.3 is 4.90 Å². The molecule has 1 aliphatic heterocycles. The minimum atomic E-state index is -3.46. The molecule has 0 saturated carbocycles. The molecule has 0 aromatic carbocycles. The highest BCUT2D eigenvalue weighted by atomic mass is 35.5. The molecule has 0 aliphatic carbocycles. The molecule has 0 unspecified atom stereocenters. The van der Waals surface area contributed by atoms with Gasteiger partial charge in [0.25, 0.3) is 10.0 Å². The summed E-state index contributed by atoms with van der Waals surface area (Å²) in [5, 5.41) is 0. The Labute approximate surface area is 123 Å². The number of nitrogens with one attached hydrogen (secondary N) is 1. The van der Waals surface area contributed by atoms with Crippen LogP contribution in [0.15, 0.2) is 10.4 Å². The van der Waals surface area contributed by atoms with Gasteiger partial charge in [-0.3, -0.25) is 0 Å². The van der Waals surface area contributed by atoms with Gasteiger partial charge >= 0.3 is 0 Å². The van der Waals surface area contributed by atoms with Crippen molar-refractivity contribution in [1.29, 1.82) is 0 Å². The van der Waals surface area contributed by atoms with Gasteiger partial charge in [-0.05, 0) is 31.8 Å². The quantitative estimate of drug-likeness (QED) is 0.897. The molecule has 8 heteroatoms. The molecule has 1 aromatic heterocycles. The van der Waals surface area contributed by atoms with Gasteiger partial charge in [-0.15, -0.1) is 0 Å². The lowest BCUT2D eigenvalue weighted by Crippen LogP contribution is -2.39. The van der Waals surface area contributed by atoms with Crippen LogP contribution in [0.5, 0.6) is 0 Å². The molecular formula is C11H18ClN3O2S2. The van der Waals surface area contributed by atoms with Gasteiger partial charge in [0.1, 0.15) is 0 Å². The van der Waals surface area contributed by atoms with E-state index in [1.807, 2.05) is 0 Å². The van der Waals surface area contributed by atoms with Gasteiger partial charge in [0.15, 0.2) is 8.68 Å². The zero-order chi connectivity index (χ0) is 13.9. The first-order valence-corrected chi connectivity index (χ1v) is 8.98. The molecule has 1 fully saturated rings. The number of thiazole rings is 1. The standard InChI is InChI=1S/C11H18ClN3O2S2/c1-9-2-5-15(6-3-9)7-4-14-19(16,17)10-8-13-11(12)18-10/h8-9,14H,2-7H2,1H3. The summed E-state index contributed by atoms with van der Waals surface area (Å²) >= 11 is 6.61. The number of aromatic nitrogens is 1. The van der Waals surface area contributed by atoms with Gasteiger partial charge in [0, 0.05) is 13.1 Å². The van der Waals surface area contributed by atoms with E-state index in [9.17, 15) is 8.42 Å². The third-order valence-corrected chi connectivity index (χ3v) is 6.35. The monoisotopic (exact) mass is 323 g/mol. The fourth-order valence-corrected chi connectivity index (χ4v) is 4.42. The molecule has 5 nitrogen and oxygen atoms in total. The summed E-state index contributed by atoms with van der Waals surface area (Å²) in [5.41, 5.74) is 0. The van der Waals surface area contributed by atoms with Crippen molar-refractivity contribution in [2.45, 2.75) is 24.0 Å². The van der Waals surface area contributed by atoms with Crippen molar-refractivity contribution in [1.82, 2.24) is 14.6 Å². The Hall–Kier alpha value is -0.210. The summed E-state index contributed by atoms with van der Waals surface area (Å²) < 4.78 is 26.8. The van der Waals surface area contributed by atoms with Gasteiger partial charge in [-0.1, -0.05) is 29.9 Å². The first-order chi connectivity index (χ1) is 8.97. The normalized spacial score (nSPS) is 18.8. The highest BCUT2D eigenvalue weighted by Crippen LogP contribution is 2.22. The summed E-state index contributed by atoms with van der Waals surface area (Å²) in [6.07, 6.45) is 3.67. The molecule has 0 amide bonds. The molecule has 1 saturated heterocycles. The van der Waals surface area contributed by atoms with Crippen LogP contribution >= 0.6 is 22.9 Å². The van der Waals surface area contributed by atoms with E-state index in [1.54, 1.807) is 0 Å². The minimum Gasteiger partial charge on any atom is -0.302 e. The highest BCUT2D eigenvalue weighted by molar-refractivity contribution is 7.91. The molecule has 0 bridgehead atoms. The van der Waals surface area contributed by atoms with Crippen molar-refractivity contribution in [3.05, 3.63) is 10.7 Å². The first kappa shape index (κ1) is 15.2. The Kier molecular flexibility index (Phi) is 5.19. The van der Waals surface area contributed by atoms with Gasteiger partial charge in [-0.2, -0.15) is 0 Å². The molecule has 2 heterocycles. The lowest BCUT2D eigenvalue weighted by Gasteiger charge is -2.29. The Morgan fingerprint density at radius 2 is 2.21 bits per heavy atom. The topological polar surface area (TPSA) is 62.3 Å². The van der Waals surface area contributed by atoms with E-state index < -0.39 is 10.0 Å². The van der Waals surface area contributed by atoms with Gasteiger partial charge in [0.2, 0.25) is 0 Å². The second-order valence-corrected chi connectivity index (χ2v) is 8.46. The average molecular weight is 324 g/mol. The van der Waals surface area contributed by atoms with E-state index in [4.69, 9.17) is 11.6 Å². The van der Waals surface area contributed by atoms with Crippen LogP contribution in [0.1, 0.15) is 19.8 Å². The number of nitrogens with zero attached hydrogens (tertiary/aromatic N) is 2. The summed E-state index contributed by atoms with van der Waals surface area (Å²) in [6, 6.07) is 0. The van der Waals surface area contributed by atoms with Crippen molar-refractivity contribution >= 4 is 33.0 Å². The maximum Gasteiger partial charge on any atom is 0.251 e. The van der Waals surface area contributed by atoms with E-state index in [0.29, 0.717) is 6.54 Å². The zero-order valence-electron chi connectivity index (χ0n) is 10.8. The van der Waals surface area contributed by atoms with Crippen molar-refractivity contribution in [2.75, 3.05) is 26.2 Å². The molecule has 1 aromatic rings. The van der Waals surface area contributed by atoms with E-state index >= 15 is 0 Å². The van der Waals surface area contributed by atoms with Crippen LogP contribution in [0.25, 0.3) is 0 Å². The van der Waals surface area contributed by atoms with Crippen molar-refractivity contribution in [3.8, 4) is 0 Å². The highest BCUT2D eigenvalue weighted by Gasteiger charge is 2.19. The van der Waals surface area contributed by atoms with Crippen molar-refractivity contribution in [2.24, 2.45) is 5.92 Å². The maximum absolute atomic E-state index is 11.9. The average Bonchev–Trinajstić information content (AvgIpc) is 2.79. The van der Waals surface area contributed by atoms with Crippen LogP contribution in [0.3, 0.4) is 0 Å². The molecule has 1 N–H and O–H groups in total. The zero-order valence-corrected chi connectivity index (χ0v) is 13.2. The van der Waals surface area contributed by atoms with Crippen LogP contribution < -0.4 is 4.72 Å². The van der Waals surface area contributed by atoms with E-state index in [2.05, 4.69) is 21.5 Å². The maximum atomic E-state index is 11.9. The Bertz CT molecular complexity index is 510. The largest absolute Gasteiger partial charge is 0.302 e. The second-order valence-electron chi connectivity index (χ2n) is 4.85. The number of sulfonamides is 1. The number of hydrogen-bond acceptors (Lipinski definition) is 5. The Morgan fingerprint density at radius 3 is 2.79 bits per heavy atom. The number of rotatable bonds is 5. The first-order valence-electron chi connectivity index (χ1n) is 6.31. The van der Waals surface area contributed by atoms with E-state index in [0.717, 1.165) is 36.9 Å². The van der Waals surface area contributed by atoms with Crippen LogP contribution in [-0.2, 0) is 10.0 Å². The van der Waals surface area contributed by atoms with Gasteiger partial charge in [0.05, 0.1) is 6.20 Å². The Morgan fingerprint density at radius 1 is 1.53 bits per heavy atom. The summed E-state index contributed by atoms with van der Waals surface area (Å²) in [7, 11) is -3.46. The lowest BCUT2D eigenvalue weighted by molar-refractivity contribution is 0.195. The molecule has 0 spiro atoms. The number of halogens is 1. The molecule has 19 heavy (non-hydrogen) atoms. The Balaban J connectivity index is 1.79. The molecule has 2 rings (SSSR count). The molecular weight excluding hydrogens is 306 g/mol. The van der Waals surface area contributed by atoms with Crippen molar-refractivity contribution in [3.63, 3.8) is 0 Å². The minimum absolute atomic E-state index is 0.171. The van der Waals surface area contributed by atoms with Crippen LogP contribution in [0.2, 0.25) is 4.47 Å². The summed E-state index contributed by atoms with van der Waals surface area (Å²) in [5.74, 6) is 0.785.